The van der Waals surface area contributed by atoms with Crippen LogP contribution in [0.2, 0.25) is 0 Å². The minimum atomic E-state index is -3.68. The minimum Gasteiger partial charge on any atom is -0.352 e. The second-order valence-electron chi connectivity index (χ2n) is 4.93. The molecule has 0 radical (unpaired) electrons. The summed E-state index contributed by atoms with van der Waals surface area (Å²) in [7, 11) is 1.54. The molecule has 0 aromatic heterocycles. The average molecular weight is 302 g/mol. The van der Waals surface area contributed by atoms with Gasteiger partial charge in [0.25, 0.3) is 9.05 Å². The summed E-state index contributed by atoms with van der Waals surface area (Å²) in [6.07, 6.45) is 2.27. The van der Waals surface area contributed by atoms with Gasteiger partial charge in [0.1, 0.15) is 0 Å². The molecule has 1 aliphatic carbocycles. The van der Waals surface area contributed by atoms with Crippen molar-refractivity contribution in [2.24, 2.45) is 11.8 Å². The number of rotatable bonds is 5. The van der Waals surface area contributed by atoms with Crippen LogP contribution in [0.4, 0.5) is 0 Å². The number of hydrogen-bond acceptors (Lipinski definition) is 3. The van der Waals surface area contributed by atoms with Crippen LogP contribution in [0.3, 0.4) is 0 Å². The molecule has 1 fully saturated rings. The molecule has 0 heterocycles. The molecule has 0 spiro atoms. The molecule has 0 aliphatic heterocycles. The van der Waals surface area contributed by atoms with Crippen LogP contribution in [0.15, 0.2) is 29.2 Å². The summed E-state index contributed by atoms with van der Waals surface area (Å²) >= 11 is 0. The number of hydrogen-bond donors (Lipinski definition) is 1. The van der Waals surface area contributed by atoms with E-state index in [2.05, 4.69) is 5.32 Å². The fourth-order valence-electron chi connectivity index (χ4n) is 1.93. The highest BCUT2D eigenvalue weighted by Gasteiger charge is 2.32. The topological polar surface area (TPSA) is 63.2 Å². The van der Waals surface area contributed by atoms with E-state index in [1.165, 1.54) is 12.1 Å². The number of benzene rings is 1. The van der Waals surface area contributed by atoms with Crippen molar-refractivity contribution in [2.75, 3.05) is 0 Å². The molecular formula is C13H16ClNO3S. The lowest BCUT2D eigenvalue weighted by atomic mass is 10.1. The lowest BCUT2D eigenvalue weighted by Crippen LogP contribution is -2.29. The zero-order chi connectivity index (χ0) is 14.0. The van der Waals surface area contributed by atoms with Crippen LogP contribution in [-0.2, 0) is 20.4 Å². The lowest BCUT2D eigenvalue weighted by Gasteiger charge is -2.11. The van der Waals surface area contributed by atoms with E-state index >= 15 is 0 Å². The van der Waals surface area contributed by atoms with Gasteiger partial charge in [-0.3, -0.25) is 4.79 Å². The smallest absolute Gasteiger partial charge is 0.261 e. The summed E-state index contributed by atoms with van der Waals surface area (Å²) in [6, 6.07) is 6.18. The van der Waals surface area contributed by atoms with Gasteiger partial charge in [0, 0.05) is 23.1 Å². The van der Waals surface area contributed by atoms with Crippen LogP contribution in [-0.4, -0.2) is 14.3 Å². The first-order chi connectivity index (χ1) is 8.88. The first-order valence-corrected chi connectivity index (χ1v) is 8.50. The Hall–Kier alpha value is -1.07. The Balaban J connectivity index is 1.91. The number of amides is 1. The van der Waals surface area contributed by atoms with Gasteiger partial charge < -0.3 is 5.32 Å². The molecule has 0 bridgehead atoms. The summed E-state index contributed by atoms with van der Waals surface area (Å²) in [4.78, 5) is 11.9. The zero-order valence-corrected chi connectivity index (χ0v) is 12.2. The number of halogens is 1. The molecule has 1 aliphatic rings. The highest BCUT2D eigenvalue weighted by molar-refractivity contribution is 8.13. The molecule has 1 amide bonds. The highest BCUT2D eigenvalue weighted by Crippen LogP contribution is 2.36. The molecule has 4 nitrogen and oxygen atoms in total. The normalized spacial score (nSPS) is 16.9. The predicted molar refractivity (Wildman–Crippen MR) is 73.2 cm³/mol. The molecule has 1 atom stereocenters. The highest BCUT2D eigenvalue weighted by atomic mass is 35.7. The minimum absolute atomic E-state index is 0.0524. The Labute approximate surface area is 117 Å². The Kier molecular flexibility index (Phi) is 4.16. The molecule has 1 unspecified atom stereocenters. The summed E-state index contributed by atoms with van der Waals surface area (Å²) in [5.74, 6) is 0.641. The summed E-state index contributed by atoms with van der Waals surface area (Å²) in [5, 5.41) is 2.86. The maximum atomic E-state index is 11.8. The van der Waals surface area contributed by atoms with Crippen molar-refractivity contribution in [2.45, 2.75) is 31.2 Å². The second-order valence-corrected chi connectivity index (χ2v) is 7.49. The lowest BCUT2D eigenvalue weighted by molar-refractivity contribution is -0.125. The molecule has 1 N–H and O–H groups in total. The number of carbonyl (C=O) groups excluding carboxylic acids is 1. The van der Waals surface area contributed by atoms with E-state index in [1.807, 2.05) is 6.92 Å². The van der Waals surface area contributed by atoms with E-state index in [0.29, 0.717) is 12.5 Å². The molecule has 0 saturated heterocycles. The first kappa shape index (κ1) is 14.3. The third-order valence-corrected chi connectivity index (χ3v) is 4.78. The summed E-state index contributed by atoms with van der Waals surface area (Å²) in [6.45, 7) is 2.34. The van der Waals surface area contributed by atoms with Crippen molar-refractivity contribution < 1.29 is 13.2 Å². The Bertz CT molecular complexity index is 564. The molecule has 1 aromatic rings. The third-order valence-electron chi connectivity index (χ3n) is 3.41. The summed E-state index contributed by atoms with van der Waals surface area (Å²) < 4.78 is 22.2. The molecular weight excluding hydrogens is 286 g/mol. The van der Waals surface area contributed by atoms with E-state index in [4.69, 9.17) is 10.7 Å². The van der Waals surface area contributed by atoms with Gasteiger partial charge in [-0.05, 0) is 36.5 Å². The van der Waals surface area contributed by atoms with E-state index in [0.717, 1.165) is 18.4 Å². The van der Waals surface area contributed by atoms with Gasteiger partial charge in [-0.25, -0.2) is 8.42 Å². The van der Waals surface area contributed by atoms with Gasteiger partial charge in [0.05, 0.1) is 4.90 Å². The molecule has 19 heavy (non-hydrogen) atoms. The standard InChI is InChI=1S/C13H16ClNO3S/c1-9(11-4-5-11)13(16)15-8-10-2-6-12(7-3-10)19(14,17)18/h2-3,6-7,9,11H,4-5,8H2,1H3,(H,15,16). The number of carbonyl (C=O) groups is 1. The fourth-order valence-corrected chi connectivity index (χ4v) is 2.70. The van der Waals surface area contributed by atoms with Crippen LogP contribution < -0.4 is 5.32 Å². The Morgan fingerprint density at radius 3 is 2.42 bits per heavy atom. The van der Waals surface area contributed by atoms with Gasteiger partial charge in [-0.15, -0.1) is 0 Å². The summed E-state index contributed by atoms with van der Waals surface area (Å²) in [5.41, 5.74) is 0.848. The SMILES string of the molecule is CC(C(=O)NCc1ccc(S(=O)(=O)Cl)cc1)C1CC1. The first-order valence-electron chi connectivity index (χ1n) is 6.19. The van der Waals surface area contributed by atoms with E-state index in [-0.39, 0.29) is 16.7 Å². The van der Waals surface area contributed by atoms with Gasteiger partial charge in [0.2, 0.25) is 5.91 Å². The quantitative estimate of drug-likeness (QED) is 0.849. The van der Waals surface area contributed by atoms with E-state index in [9.17, 15) is 13.2 Å². The van der Waals surface area contributed by atoms with Crippen LogP contribution in [0.25, 0.3) is 0 Å². The monoisotopic (exact) mass is 301 g/mol. The van der Waals surface area contributed by atoms with Crippen molar-refractivity contribution in [3.05, 3.63) is 29.8 Å². The largest absolute Gasteiger partial charge is 0.352 e. The van der Waals surface area contributed by atoms with Crippen molar-refractivity contribution in [1.29, 1.82) is 0 Å². The fraction of sp³-hybridized carbons (Fsp3) is 0.462. The van der Waals surface area contributed by atoms with E-state index < -0.39 is 9.05 Å². The Morgan fingerprint density at radius 1 is 1.37 bits per heavy atom. The average Bonchev–Trinajstić information content (AvgIpc) is 3.18. The van der Waals surface area contributed by atoms with Crippen LogP contribution in [0, 0.1) is 11.8 Å². The van der Waals surface area contributed by atoms with Gasteiger partial charge in [-0.1, -0.05) is 19.1 Å². The second kappa shape index (κ2) is 5.51. The Morgan fingerprint density at radius 2 is 1.95 bits per heavy atom. The molecule has 1 saturated carbocycles. The van der Waals surface area contributed by atoms with Crippen molar-refractivity contribution >= 4 is 25.6 Å². The van der Waals surface area contributed by atoms with Gasteiger partial charge >= 0.3 is 0 Å². The third kappa shape index (κ3) is 3.94. The molecule has 1 aromatic carbocycles. The predicted octanol–water partition coefficient (Wildman–Crippen LogP) is 2.28. The molecule has 6 heteroatoms. The maximum Gasteiger partial charge on any atom is 0.261 e. The van der Waals surface area contributed by atoms with Gasteiger partial charge in [0.15, 0.2) is 0 Å². The van der Waals surface area contributed by atoms with Crippen molar-refractivity contribution in [3.8, 4) is 0 Å². The van der Waals surface area contributed by atoms with Crippen molar-refractivity contribution in [3.63, 3.8) is 0 Å². The van der Waals surface area contributed by atoms with Crippen LogP contribution >= 0.6 is 10.7 Å². The van der Waals surface area contributed by atoms with E-state index in [1.54, 1.807) is 12.1 Å². The zero-order valence-electron chi connectivity index (χ0n) is 10.6. The van der Waals surface area contributed by atoms with Crippen LogP contribution in [0.5, 0.6) is 0 Å². The molecule has 104 valence electrons. The van der Waals surface area contributed by atoms with Crippen molar-refractivity contribution in [1.82, 2.24) is 5.32 Å². The maximum absolute atomic E-state index is 11.8. The van der Waals surface area contributed by atoms with Gasteiger partial charge in [-0.2, -0.15) is 0 Å². The van der Waals surface area contributed by atoms with Crippen LogP contribution in [0.1, 0.15) is 25.3 Å². The molecule has 2 rings (SSSR count). The number of nitrogens with one attached hydrogen (secondary N) is 1.